The van der Waals surface area contributed by atoms with Crippen LogP contribution in [-0.4, -0.2) is 18.5 Å². The van der Waals surface area contributed by atoms with E-state index in [1.54, 1.807) is 0 Å². The van der Waals surface area contributed by atoms with E-state index in [2.05, 4.69) is 6.92 Å². The van der Waals surface area contributed by atoms with Gasteiger partial charge in [0.2, 0.25) is 0 Å². The molecule has 0 bridgehead atoms. The summed E-state index contributed by atoms with van der Waals surface area (Å²) in [6.45, 7) is 2.61. The summed E-state index contributed by atoms with van der Waals surface area (Å²) < 4.78 is 10.3. The van der Waals surface area contributed by atoms with Crippen LogP contribution < -0.4 is 4.74 Å². The molecule has 1 aromatic rings. The highest BCUT2D eigenvalue weighted by molar-refractivity contribution is 6.48. The van der Waals surface area contributed by atoms with Gasteiger partial charge in [-0.1, -0.05) is 93.1 Å². The summed E-state index contributed by atoms with van der Waals surface area (Å²) in [6.07, 6.45) is 10.7. The Bertz CT molecular complexity index is 597. The summed E-state index contributed by atoms with van der Waals surface area (Å²) in [6, 6.07) is 2.80. The van der Waals surface area contributed by atoms with Gasteiger partial charge in [-0.3, -0.25) is 9.59 Å². The average molecular weight is 452 g/mol. The zero-order chi connectivity index (χ0) is 20.8. The van der Waals surface area contributed by atoms with Crippen molar-refractivity contribution in [2.75, 3.05) is 6.61 Å². The molecule has 28 heavy (non-hydrogen) atoms. The maximum Gasteiger partial charge on any atom is 0.311 e. The highest BCUT2D eigenvalue weighted by Crippen LogP contribution is 2.34. The van der Waals surface area contributed by atoms with Gasteiger partial charge < -0.3 is 9.47 Å². The van der Waals surface area contributed by atoms with Crippen LogP contribution in [0.4, 0.5) is 0 Å². The SMILES string of the molecule is CCCCCCCCCCCOC(=O)CCC(=O)Oc1cc(Cl)c(Cl)c(Cl)c1. The van der Waals surface area contributed by atoms with Gasteiger partial charge in [-0.2, -0.15) is 0 Å². The van der Waals surface area contributed by atoms with Gasteiger partial charge >= 0.3 is 11.9 Å². The average Bonchev–Trinajstić information content (AvgIpc) is 2.66. The van der Waals surface area contributed by atoms with Crippen LogP contribution in [0.25, 0.3) is 0 Å². The molecule has 0 aromatic heterocycles. The maximum absolute atomic E-state index is 11.8. The topological polar surface area (TPSA) is 52.6 Å². The fourth-order valence-electron chi connectivity index (χ4n) is 2.65. The molecule has 0 fully saturated rings. The lowest BCUT2D eigenvalue weighted by molar-refractivity contribution is -0.147. The summed E-state index contributed by atoms with van der Waals surface area (Å²) in [5.41, 5.74) is 0. The van der Waals surface area contributed by atoms with Crippen molar-refractivity contribution in [3.63, 3.8) is 0 Å². The second-order valence-corrected chi connectivity index (χ2v) is 7.92. The van der Waals surface area contributed by atoms with Crippen molar-refractivity contribution in [2.24, 2.45) is 0 Å². The molecule has 0 heterocycles. The second kappa shape index (κ2) is 14.9. The normalized spacial score (nSPS) is 10.7. The molecule has 0 saturated heterocycles. The number of ether oxygens (including phenoxy) is 2. The number of hydrogen-bond acceptors (Lipinski definition) is 4. The number of hydrogen-bond donors (Lipinski definition) is 0. The summed E-state index contributed by atoms with van der Waals surface area (Å²) in [4.78, 5) is 23.5. The van der Waals surface area contributed by atoms with Crippen LogP contribution in [0.15, 0.2) is 12.1 Å². The van der Waals surface area contributed by atoms with Crippen LogP contribution in [0, 0.1) is 0 Å². The van der Waals surface area contributed by atoms with E-state index in [4.69, 9.17) is 44.3 Å². The van der Waals surface area contributed by atoms with Crippen LogP contribution in [0.5, 0.6) is 5.75 Å². The molecule has 0 radical (unpaired) electrons. The highest BCUT2D eigenvalue weighted by atomic mass is 35.5. The lowest BCUT2D eigenvalue weighted by Crippen LogP contribution is -2.13. The first kappa shape index (κ1) is 25.1. The largest absolute Gasteiger partial charge is 0.466 e. The Morgan fingerprint density at radius 2 is 1.29 bits per heavy atom. The van der Waals surface area contributed by atoms with Gasteiger partial charge in [-0.25, -0.2) is 0 Å². The number of esters is 2. The van der Waals surface area contributed by atoms with Crippen LogP contribution in [-0.2, 0) is 14.3 Å². The monoisotopic (exact) mass is 450 g/mol. The summed E-state index contributed by atoms with van der Waals surface area (Å²) in [5.74, 6) is -0.773. The Hall–Kier alpha value is -0.970. The molecule has 0 aliphatic heterocycles. The smallest absolute Gasteiger partial charge is 0.311 e. The van der Waals surface area contributed by atoms with Gasteiger partial charge in [0.05, 0.1) is 34.5 Å². The number of halogens is 3. The number of rotatable bonds is 14. The standard InChI is InChI=1S/C21H29Cl3O4/c1-2-3-4-5-6-7-8-9-10-13-27-19(25)11-12-20(26)28-16-14-17(22)21(24)18(23)15-16/h14-15H,2-13H2,1H3. The second-order valence-electron chi connectivity index (χ2n) is 6.72. The first-order valence-electron chi connectivity index (χ1n) is 9.95. The van der Waals surface area contributed by atoms with Gasteiger partial charge in [0.15, 0.2) is 0 Å². The molecule has 0 aliphatic carbocycles. The molecule has 158 valence electrons. The maximum atomic E-state index is 11.8. The van der Waals surface area contributed by atoms with E-state index in [1.165, 1.54) is 57.1 Å². The van der Waals surface area contributed by atoms with Gasteiger partial charge in [0, 0.05) is 12.1 Å². The Kier molecular flexibility index (Phi) is 13.4. The minimum atomic E-state index is -0.561. The van der Waals surface area contributed by atoms with Crippen molar-refractivity contribution < 1.29 is 19.1 Å². The lowest BCUT2D eigenvalue weighted by Gasteiger charge is -2.07. The van der Waals surface area contributed by atoms with Gasteiger partial charge in [-0.15, -0.1) is 0 Å². The van der Waals surface area contributed by atoms with Gasteiger partial charge in [-0.05, 0) is 6.42 Å². The van der Waals surface area contributed by atoms with Gasteiger partial charge in [0.25, 0.3) is 0 Å². The molecule has 0 N–H and O–H groups in total. The van der Waals surface area contributed by atoms with E-state index in [1.807, 2.05) is 0 Å². The van der Waals surface area contributed by atoms with E-state index in [0.717, 1.165) is 12.8 Å². The van der Waals surface area contributed by atoms with Crippen molar-refractivity contribution in [1.29, 1.82) is 0 Å². The Labute approximate surface area is 182 Å². The zero-order valence-corrected chi connectivity index (χ0v) is 18.7. The van der Waals surface area contributed by atoms with Crippen molar-refractivity contribution in [3.05, 3.63) is 27.2 Å². The molecule has 0 amide bonds. The van der Waals surface area contributed by atoms with E-state index in [0.29, 0.717) is 6.61 Å². The quantitative estimate of drug-likeness (QED) is 0.128. The van der Waals surface area contributed by atoms with E-state index in [-0.39, 0.29) is 33.7 Å². The first-order valence-corrected chi connectivity index (χ1v) is 11.1. The Balaban J connectivity index is 2.08. The minimum absolute atomic E-state index is 0.0225. The molecule has 0 aliphatic rings. The first-order chi connectivity index (χ1) is 13.4. The number of benzene rings is 1. The minimum Gasteiger partial charge on any atom is -0.466 e. The highest BCUT2D eigenvalue weighted by Gasteiger charge is 2.13. The predicted octanol–water partition coefficient (Wildman–Crippen LogP) is 7.41. The summed E-state index contributed by atoms with van der Waals surface area (Å²) in [7, 11) is 0. The molecule has 0 spiro atoms. The molecule has 4 nitrogen and oxygen atoms in total. The number of carbonyl (C=O) groups excluding carboxylic acids is 2. The number of carbonyl (C=O) groups is 2. The third kappa shape index (κ3) is 11.1. The summed E-state index contributed by atoms with van der Waals surface area (Å²) >= 11 is 17.6. The molecule has 1 aromatic carbocycles. The Morgan fingerprint density at radius 1 is 0.786 bits per heavy atom. The lowest BCUT2D eigenvalue weighted by atomic mass is 10.1. The van der Waals surface area contributed by atoms with Crippen LogP contribution >= 0.6 is 34.8 Å². The number of unbranched alkanes of at least 4 members (excludes halogenated alkanes) is 8. The fraction of sp³-hybridized carbons (Fsp3) is 0.619. The third-order valence-corrected chi connectivity index (χ3v) is 5.43. The van der Waals surface area contributed by atoms with Crippen molar-refractivity contribution >= 4 is 46.7 Å². The molecule has 0 atom stereocenters. The molecule has 7 heteroatoms. The van der Waals surface area contributed by atoms with Crippen LogP contribution in [0.3, 0.4) is 0 Å². The van der Waals surface area contributed by atoms with Crippen LogP contribution in [0.2, 0.25) is 15.1 Å². The molecular formula is C21H29Cl3O4. The van der Waals surface area contributed by atoms with E-state index in [9.17, 15) is 9.59 Å². The van der Waals surface area contributed by atoms with Crippen molar-refractivity contribution in [3.8, 4) is 5.75 Å². The van der Waals surface area contributed by atoms with Crippen LogP contribution in [0.1, 0.15) is 77.6 Å². The Morgan fingerprint density at radius 3 is 1.86 bits per heavy atom. The molecule has 0 saturated carbocycles. The molecule has 1 rings (SSSR count). The van der Waals surface area contributed by atoms with Gasteiger partial charge in [0.1, 0.15) is 5.75 Å². The molecular weight excluding hydrogens is 423 g/mol. The van der Waals surface area contributed by atoms with E-state index < -0.39 is 11.9 Å². The fourth-order valence-corrected chi connectivity index (χ4v) is 3.22. The van der Waals surface area contributed by atoms with Crippen molar-refractivity contribution in [1.82, 2.24) is 0 Å². The van der Waals surface area contributed by atoms with Crippen molar-refractivity contribution in [2.45, 2.75) is 77.6 Å². The third-order valence-electron chi connectivity index (χ3n) is 4.23. The summed E-state index contributed by atoms with van der Waals surface area (Å²) in [5, 5.41) is 0.581. The van der Waals surface area contributed by atoms with E-state index >= 15 is 0 Å². The predicted molar refractivity (Wildman–Crippen MR) is 115 cm³/mol. The zero-order valence-electron chi connectivity index (χ0n) is 16.4. The molecule has 0 unspecified atom stereocenters.